The van der Waals surface area contributed by atoms with Crippen molar-refractivity contribution in [1.82, 2.24) is 0 Å². The van der Waals surface area contributed by atoms with Gasteiger partial charge in [-0.05, 0) is 23.8 Å². The van der Waals surface area contributed by atoms with Crippen LogP contribution in [0.1, 0.15) is 11.1 Å². The van der Waals surface area contributed by atoms with Gasteiger partial charge in [-0.2, -0.15) is 0 Å². The molecule has 0 spiro atoms. The maximum atomic E-state index is 11.1. The number of hydrogen-bond donors (Lipinski definition) is 1. The lowest BCUT2D eigenvalue weighted by molar-refractivity contribution is -0.425. The maximum Gasteiger partial charge on any atom is 0.251 e. The van der Waals surface area contributed by atoms with E-state index >= 15 is 0 Å². The molecule has 0 aliphatic heterocycles. The zero-order chi connectivity index (χ0) is 14.5. The molecule has 4 nitrogen and oxygen atoms in total. The Morgan fingerprint density at radius 2 is 1.95 bits per heavy atom. The van der Waals surface area contributed by atoms with E-state index in [4.69, 9.17) is 11.6 Å². The van der Waals surface area contributed by atoms with Crippen molar-refractivity contribution >= 4 is 17.7 Å². The molecule has 2 aromatic rings. The normalized spacial score (nSPS) is 11.3. The van der Waals surface area contributed by atoms with Crippen molar-refractivity contribution in [1.29, 1.82) is 0 Å². The summed E-state index contributed by atoms with van der Waals surface area (Å²) in [6, 6.07) is 13.6. The summed E-state index contributed by atoms with van der Waals surface area (Å²) < 4.78 is 0. The van der Waals surface area contributed by atoms with Gasteiger partial charge in [-0.1, -0.05) is 41.9 Å². The number of hydrogen-bond acceptors (Lipinski definition) is 3. The monoisotopic (exact) mass is 289 g/mol. The minimum atomic E-state index is -0.451. The van der Waals surface area contributed by atoms with Crippen molar-refractivity contribution in [2.75, 3.05) is 0 Å². The van der Waals surface area contributed by atoms with Gasteiger partial charge < -0.3 is 5.11 Å². The lowest BCUT2D eigenvalue weighted by Gasteiger charge is -2.02. The molecule has 0 fully saturated rings. The van der Waals surface area contributed by atoms with Crippen LogP contribution in [0.15, 0.2) is 54.2 Å². The molecule has 0 saturated heterocycles. The van der Waals surface area contributed by atoms with Crippen LogP contribution < -0.4 is 0 Å². The molecule has 0 unspecified atom stereocenters. The highest BCUT2D eigenvalue weighted by molar-refractivity contribution is 6.30. The van der Waals surface area contributed by atoms with E-state index in [0.29, 0.717) is 10.6 Å². The van der Waals surface area contributed by atoms with E-state index in [9.17, 15) is 15.2 Å². The lowest BCUT2D eigenvalue weighted by atomic mass is 10.1. The molecule has 1 N–H and O–H groups in total. The Hall–Kier alpha value is -2.33. The van der Waals surface area contributed by atoms with Crippen molar-refractivity contribution in [3.05, 3.63) is 80.5 Å². The van der Waals surface area contributed by atoms with E-state index in [-0.39, 0.29) is 17.9 Å². The number of rotatable bonds is 4. The van der Waals surface area contributed by atoms with Gasteiger partial charge in [-0.3, -0.25) is 10.1 Å². The van der Waals surface area contributed by atoms with Gasteiger partial charge in [0.2, 0.25) is 0 Å². The lowest BCUT2D eigenvalue weighted by Crippen LogP contribution is -2.02. The Kier molecular flexibility index (Phi) is 4.38. The van der Waals surface area contributed by atoms with Crippen LogP contribution in [-0.4, -0.2) is 10.0 Å². The summed E-state index contributed by atoms with van der Waals surface area (Å²) in [5.41, 5.74) is 1.16. The van der Waals surface area contributed by atoms with Crippen LogP contribution in [0.3, 0.4) is 0 Å². The van der Waals surface area contributed by atoms with Gasteiger partial charge in [0.05, 0.1) is 11.3 Å². The number of aromatic hydroxyl groups is 1. The second-order valence-corrected chi connectivity index (χ2v) is 4.69. The third kappa shape index (κ3) is 3.59. The van der Waals surface area contributed by atoms with Gasteiger partial charge in [0.1, 0.15) is 5.75 Å². The first-order valence-electron chi connectivity index (χ1n) is 5.93. The van der Waals surface area contributed by atoms with Crippen LogP contribution in [0, 0.1) is 10.1 Å². The van der Waals surface area contributed by atoms with E-state index in [1.54, 1.807) is 0 Å². The molecule has 0 aliphatic carbocycles. The SMILES string of the molecule is O=[N+]([O-])/C(=C/c1cc(Cl)ccc1O)Cc1ccccc1. The summed E-state index contributed by atoms with van der Waals surface area (Å²) in [5, 5.41) is 21.2. The van der Waals surface area contributed by atoms with Crippen LogP contribution in [0.4, 0.5) is 0 Å². The molecule has 102 valence electrons. The van der Waals surface area contributed by atoms with Crippen LogP contribution in [0.2, 0.25) is 5.02 Å². The Morgan fingerprint density at radius 3 is 2.60 bits per heavy atom. The number of nitro groups is 1. The predicted octanol–water partition coefficient (Wildman–Crippen LogP) is 3.91. The number of nitrogens with zero attached hydrogens (tertiary/aromatic N) is 1. The zero-order valence-corrected chi connectivity index (χ0v) is 11.2. The smallest absolute Gasteiger partial charge is 0.251 e. The Labute approximate surface area is 121 Å². The third-order valence-corrected chi connectivity index (χ3v) is 3.01. The van der Waals surface area contributed by atoms with Crippen molar-refractivity contribution in [3.8, 4) is 5.75 Å². The predicted molar refractivity (Wildman–Crippen MR) is 78.2 cm³/mol. The van der Waals surface area contributed by atoms with E-state index < -0.39 is 4.92 Å². The van der Waals surface area contributed by atoms with Gasteiger partial charge in [0.25, 0.3) is 5.70 Å². The van der Waals surface area contributed by atoms with Crippen LogP contribution >= 0.6 is 11.6 Å². The molecule has 0 heterocycles. The van der Waals surface area contributed by atoms with Crippen molar-refractivity contribution in [2.45, 2.75) is 6.42 Å². The number of phenols is 1. The topological polar surface area (TPSA) is 63.4 Å². The summed E-state index contributed by atoms with van der Waals surface area (Å²) in [5.74, 6) is -0.0400. The Bertz CT molecular complexity index is 653. The van der Waals surface area contributed by atoms with Gasteiger partial charge in [-0.25, -0.2) is 0 Å². The first-order chi connectivity index (χ1) is 9.56. The molecule has 0 atom stereocenters. The Morgan fingerprint density at radius 1 is 1.25 bits per heavy atom. The minimum Gasteiger partial charge on any atom is -0.507 e. The van der Waals surface area contributed by atoms with E-state index in [1.165, 1.54) is 24.3 Å². The molecule has 0 saturated carbocycles. The molecule has 5 heteroatoms. The molecule has 0 aliphatic rings. The molecule has 0 aromatic heterocycles. The van der Waals surface area contributed by atoms with Crippen molar-refractivity contribution < 1.29 is 10.0 Å². The minimum absolute atomic E-state index is 0.00577. The highest BCUT2D eigenvalue weighted by atomic mass is 35.5. The second-order valence-electron chi connectivity index (χ2n) is 4.26. The number of benzene rings is 2. The maximum absolute atomic E-state index is 11.1. The molecule has 0 bridgehead atoms. The van der Waals surface area contributed by atoms with Crippen molar-refractivity contribution in [3.63, 3.8) is 0 Å². The molecular formula is C15H12ClNO3. The fraction of sp³-hybridized carbons (Fsp3) is 0.0667. The number of halogens is 1. The molecule has 0 radical (unpaired) electrons. The highest BCUT2D eigenvalue weighted by Crippen LogP contribution is 2.24. The molecule has 20 heavy (non-hydrogen) atoms. The molecular weight excluding hydrogens is 278 g/mol. The van der Waals surface area contributed by atoms with Gasteiger partial charge in [0, 0.05) is 16.7 Å². The first kappa shape index (κ1) is 14.1. The van der Waals surface area contributed by atoms with Gasteiger partial charge >= 0.3 is 0 Å². The average Bonchev–Trinajstić information content (AvgIpc) is 2.43. The van der Waals surface area contributed by atoms with Gasteiger partial charge in [0.15, 0.2) is 0 Å². The fourth-order valence-corrected chi connectivity index (χ4v) is 1.97. The molecule has 2 rings (SSSR count). The Balaban J connectivity index is 2.35. The van der Waals surface area contributed by atoms with Crippen LogP contribution in [-0.2, 0) is 6.42 Å². The zero-order valence-electron chi connectivity index (χ0n) is 10.5. The third-order valence-electron chi connectivity index (χ3n) is 2.77. The standard InChI is InChI=1S/C15H12ClNO3/c16-13-6-7-15(18)12(9-13)10-14(17(19)20)8-11-4-2-1-3-5-11/h1-7,9-10,18H,8H2/b14-10+. The van der Waals surface area contributed by atoms with Gasteiger partial charge in [-0.15, -0.1) is 0 Å². The fourth-order valence-electron chi connectivity index (χ4n) is 1.79. The average molecular weight is 290 g/mol. The number of allylic oxidation sites excluding steroid dienone is 1. The first-order valence-corrected chi connectivity index (χ1v) is 6.31. The molecule has 0 amide bonds. The van der Waals surface area contributed by atoms with E-state index in [0.717, 1.165) is 5.56 Å². The largest absolute Gasteiger partial charge is 0.507 e. The summed E-state index contributed by atoms with van der Waals surface area (Å²) in [6.07, 6.45) is 1.52. The van der Waals surface area contributed by atoms with Crippen molar-refractivity contribution in [2.24, 2.45) is 0 Å². The van der Waals surface area contributed by atoms with Crippen LogP contribution in [0.5, 0.6) is 5.75 Å². The summed E-state index contributed by atoms with van der Waals surface area (Å²) in [4.78, 5) is 10.7. The van der Waals surface area contributed by atoms with Crippen LogP contribution in [0.25, 0.3) is 6.08 Å². The second kappa shape index (κ2) is 6.21. The highest BCUT2D eigenvalue weighted by Gasteiger charge is 2.13. The number of phenolic OH excluding ortho intramolecular Hbond substituents is 1. The summed E-state index contributed by atoms with van der Waals surface area (Å²) in [7, 11) is 0. The summed E-state index contributed by atoms with van der Waals surface area (Å²) in [6.45, 7) is 0. The van der Waals surface area contributed by atoms with E-state index in [2.05, 4.69) is 0 Å². The summed E-state index contributed by atoms with van der Waals surface area (Å²) >= 11 is 5.83. The van der Waals surface area contributed by atoms with E-state index in [1.807, 2.05) is 30.3 Å². The quantitative estimate of drug-likeness (QED) is 0.685. The molecule has 2 aromatic carbocycles.